The van der Waals surface area contributed by atoms with Crippen LogP contribution in [0.25, 0.3) is 21.9 Å². The first-order chi connectivity index (χ1) is 11.3. The van der Waals surface area contributed by atoms with Gasteiger partial charge in [-0.15, -0.1) is 0 Å². The summed E-state index contributed by atoms with van der Waals surface area (Å²) >= 11 is 8.44. The second-order valence-corrected chi connectivity index (χ2v) is 6.64. The van der Waals surface area contributed by atoms with Crippen molar-refractivity contribution < 1.29 is 9.31 Å². The maximum absolute atomic E-state index is 14.8. The minimum atomic E-state index is -0.646. The molecule has 0 amide bonds. The zero-order valence-corrected chi connectivity index (χ0v) is 15.3. The van der Waals surface area contributed by atoms with Crippen LogP contribution in [-0.4, -0.2) is 31.7 Å². The molecule has 2 radical (unpaired) electrons. The third-order valence-corrected chi connectivity index (χ3v) is 4.73. The number of benzene rings is 1. The summed E-state index contributed by atoms with van der Waals surface area (Å²) in [5.74, 6) is -0.646. The van der Waals surface area contributed by atoms with Gasteiger partial charge in [0.1, 0.15) is 0 Å². The van der Waals surface area contributed by atoms with E-state index in [2.05, 4.69) is 26.8 Å². The first kappa shape index (κ1) is 16.8. The van der Waals surface area contributed by atoms with Gasteiger partial charge in [0, 0.05) is 0 Å². The third-order valence-electron chi connectivity index (χ3n) is 3.85. The van der Waals surface area contributed by atoms with E-state index in [1.807, 2.05) is 0 Å². The van der Waals surface area contributed by atoms with E-state index in [-0.39, 0.29) is 22.0 Å². The van der Waals surface area contributed by atoms with Crippen molar-refractivity contribution in [2.24, 2.45) is 0 Å². The number of nitro groups is 1. The topological polar surface area (TPSA) is 68.9 Å². The second-order valence-electron chi connectivity index (χ2n) is 5.30. The fraction of sp³-hybridized carbons (Fsp3) is 0.125. The van der Waals surface area contributed by atoms with Crippen LogP contribution >= 0.6 is 11.6 Å². The summed E-state index contributed by atoms with van der Waals surface area (Å²) in [6.45, 7) is 3.12. The number of aromatic nitrogens is 2. The predicted octanol–water partition coefficient (Wildman–Crippen LogP) is 3.41. The predicted molar refractivity (Wildman–Crippen MR) is 91.5 cm³/mol. The first-order valence-corrected chi connectivity index (χ1v) is 8.20. The Morgan fingerprint density at radius 1 is 1.21 bits per heavy atom. The van der Waals surface area contributed by atoms with Gasteiger partial charge in [-0.05, 0) is 0 Å². The van der Waals surface area contributed by atoms with E-state index < -0.39 is 10.7 Å². The fourth-order valence-corrected chi connectivity index (χ4v) is 3.34. The third kappa shape index (κ3) is 2.66. The van der Waals surface area contributed by atoms with Crippen molar-refractivity contribution in [3.63, 3.8) is 0 Å². The Bertz CT molecular complexity index is 1010. The summed E-state index contributed by atoms with van der Waals surface area (Å²) < 4.78 is 15.5. The van der Waals surface area contributed by atoms with Gasteiger partial charge < -0.3 is 0 Å². The van der Waals surface area contributed by atoms with Crippen molar-refractivity contribution in [3.8, 4) is 11.1 Å². The van der Waals surface area contributed by atoms with Gasteiger partial charge in [0.05, 0.1) is 0 Å². The zero-order chi connectivity index (χ0) is 17.6. The molecule has 8 heteroatoms. The Kier molecular flexibility index (Phi) is 4.28. The summed E-state index contributed by atoms with van der Waals surface area (Å²) in [7, 11) is 0. The molecule has 0 N–H and O–H groups in total. The molecule has 0 fully saturated rings. The Hall–Kier alpha value is -2.04. The van der Waals surface area contributed by atoms with Gasteiger partial charge in [0.2, 0.25) is 0 Å². The number of hydrogen-bond donors (Lipinski definition) is 0. The fourth-order valence-electron chi connectivity index (χ4n) is 2.67. The van der Waals surface area contributed by atoms with Crippen molar-refractivity contribution in [1.82, 2.24) is 9.97 Å². The van der Waals surface area contributed by atoms with Gasteiger partial charge in [-0.25, -0.2) is 0 Å². The molecule has 0 aliphatic carbocycles. The van der Waals surface area contributed by atoms with Crippen molar-refractivity contribution >= 4 is 49.4 Å². The van der Waals surface area contributed by atoms with Gasteiger partial charge in [-0.3, -0.25) is 0 Å². The SMILES string of the molecule is Cc1ncc(-c2cc3cc([As])ncc3c(Cl)c2F)c(C)c1[N+](=O)[O-]. The Balaban J connectivity index is 2.37. The molecule has 3 aromatic rings. The Morgan fingerprint density at radius 2 is 1.92 bits per heavy atom. The quantitative estimate of drug-likeness (QED) is 0.372. The summed E-state index contributed by atoms with van der Waals surface area (Å²) in [5, 5.41) is 12.4. The number of pyridine rings is 2. The van der Waals surface area contributed by atoms with Crippen LogP contribution in [0.3, 0.4) is 0 Å². The number of fused-ring (bicyclic) bond motifs is 1. The van der Waals surface area contributed by atoms with Crippen LogP contribution in [0, 0.1) is 29.8 Å². The molecule has 2 aromatic heterocycles. The molecule has 0 bridgehead atoms. The number of rotatable bonds is 2. The van der Waals surface area contributed by atoms with E-state index in [1.54, 1.807) is 26.0 Å². The standard InChI is InChI=1S/C16H10AsClFN3O2/c1-7-11(5-20-8(2)16(7)22(23)24)10-3-9-4-13(17)21-6-12(9)14(18)15(10)19/h3-6H,1-2H3. The number of hydrogen-bond acceptors (Lipinski definition) is 4. The van der Waals surface area contributed by atoms with Crippen LogP contribution < -0.4 is 4.48 Å². The first-order valence-electron chi connectivity index (χ1n) is 6.89. The van der Waals surface area contributed by atoms with Gasteiger partial charge >= 0.3 is 150 Å². The molecule has 0 aliphatic rings. The molecule has 0 atom stereocenters. The molecule has 1 aromatic carbocycles. The van der Waals surface area contributed by atoms with Crippen LogP contribution in [-0.2, 0) is 0 Å². The number of halogens is 2. The van der Waals surface area contributed by atoms with Gasteiger partial charge in [-0.2, -0.15) is 0 Å². The van der Waals surface area contributed by atoms with Crippen LogP contribution in [0.5, 0.6) is 0 Å². The van der Waals surface area contributed by atoms with Gasteiger partial charge in [0.25, 0.3) is 0 Å². The zero-order valence-electron chi connectivity index (χ0n) is 12.7. The Morgan fingerprint density at radius 3 is 2.58 bits per heavy atom. The normalized spacial score (nSPS) is 11.0. The summed E-state index contributed by atoms with van der Waals surface area (Å²) in [6, 6.07) is 3.37. The average Bonchev–Trinajstić information content (AvgIpc) is 2.51. The van der Waals surface area contributed by atoms with E-state index in [0.29, 0.717) is 26.4 Å². The number of nitrogens with zero attached hydrogens (tertiary/aromatic N) is 3. The van der Waals surface area contributed by atoms with Crippen molar-refractivity contribution in [1.29, 1.82) is 0 Å². The average molecular weight is 406 g/mol. The van der Waals surface area contributed by atoms with E-state index in [9.17, 15) is 14.5 Å². The van der Waals surface area contributed by atoms with Crippen LogP contribution in [0.15, 0.2) is 24.5 Å². The second kappa shape index (κ2) is 6.11. The van der Waals surface area contributed by atoms with E-state index in [0.717, 1.165) is 0 Å². The van der Waals surface area contributed by atoms with Crippen molar-refractivity contribution in [3.05, 3.63) is 56.7 Å². The number of aryl methyl sites for hydroxylation is 1. The molecule has 24 heavy (non-hydrogen) atoms. The molecule has 2 heterocycles. The molecule has 0 aliphatic heterocycles. The monoisotopic (exact) mass is 405 g/mol. The molecular formula is C16H10AsClFN3O2. The molecule has 120 valence electrons. The van der Waals surface area contributed by atoms with Crippen LogP contribution in [0.1, 0.15) is 11.3 Å². The molecule has 0 spiro atoms. The summed E-state index contributed by atoms with van der Waals surface area (Å²) in [5.41, 5.74) is 1.04. The summed E-state index contributed by atoms with van der Waals surface area (Å²) in [6.07, 6.45) is 2.93. The van der Waals surface area contributed by atoms with Crippen molar-refractivity contribution in [2.75, 3.05) is 0 Å². The van der Waals surface area contributed by atoms with Gasteiger partial charge in [0.15, 0.2) is 0 Å². The van der Waals surface area contributed by atoms with E-state index in [1.165, 1.54) is 12.4 Å². The molecule has 0 saturated carbocycles. The van der Waals surface area contributed by atoms with Gasteiger partial charge in [-0.1, -0.05) is 0 Å². The molecule has 5 nitrogen and oxygen atoms in total. The Labute approximate surface area is 150 Å². The van der Waals surface area contributed by atoms with E-state index >= 15 is 0 Å². The van der Waals surface area contributed by atoms with Crippen molar-refractivity contribution in [2.45, 2.75) is 13.8 Å². The maximum atomic E-state index is 14.8. The molecular weight excluding hydrogens is 396 g/mol. The molecule has 3 rings (SSSR count). The van der Waals surface area contributed by atoms with E-state index in [4.69, 9.17) is 11.6 Å². The summed E-state index contributed by atoms with van der Waals surface area (Å²) in [4.78, 5) is 18.9. The molecule has 0 unspecified atom stereocenters. The van der Waals surface area contributed by atoms with Crippen LogP contribution in [0.4, 0.5) is 10.1 Å². The minimum absolute atomic E-state index is 0.0647. The molecule has 0 saturated heterocycles. The van der Waals surface area contributed by atoms with Crippen LogP contribution in [0.2, 0.25) is 5.02 Å².